The molecule has 6 nitrogen and oxygen atoms in total. The van der Waals surface area contributed by atoms with Gasteiger partial charge in [-0.15, -0.1) is 0 Å². The van der Waals surface area contributed by atoms with Crippen molar-refractivity contribution in [3.8, 4) is 0 Å². The van der Waals surface area contributed by atoms with E-state index in [0.717, 1.165) is 12.1 Å². The van der Waals surface area contributed by atoms with Crippen LogP contribution < -0.4 is 5.32 Å². The Labute approximate surface area is 131 Å². The highest BCUT2D eigenvalue weighted by atomic mass is 19.2. The van der Waals surface area contributed by atoms with Crippen LogP contribution in [-0.2, 0) is 16.0 Å². The monoisotopic (exact) mass is 328 g/mol. The molecule has 0 spiro atoms. The number of nitrogens with zero attached hydrogens (tertiary/aromatic N) is 1. The number of nitrogens with one attached hydrogen (secondary N) is 1. The summed E-state index contributed by atoms with van der Waals surface area (Å²) >= 11 is 0. The SMILES string of the molecule is CC(=O)NC[C@]1(O)CN(C(=O)Cc2ccc(F)c(F)c2)C[C@H]1O. The van der Waals surface area contributed by atoms with Crippen molar-refractivity contribution in [1.29, 1.82) is 0 Å². The Morgan fingerprint density at radius 3 is 2.70 bits per heavy atom. The van der Waals surface area contributed by atoms with Crippen molar-refractivity contribution in [1.82, 2.24) is 10.2 Å². The summed E-state index contributed by atoms with van der Waals surface area (Å²) in [5, 5.41) is 22.6. The van der Waals surface area contributed by atoms with Crippen molar-refractivity contribution in [3.05, 3.63) is 35.4 Å². The molecule has 1 aliphatic rings. The van der Waals surface area contributed by atoms with E-state index in [-0.39, 0.29) is 32.0 Å². The fourth-order valence-electron chi connectivity index (χ4n) is 2.46. The summed E-state index contributed by atoms with van der Waals surface area (Å²) in [5.41, 5.74) is -1.34. The van der Waals surface area contributed by atoms with Crippen LogP contribution in [0.15, 0.2) is 18.2 Å². The van der Waals surface area contributed by atoms with Crippen LogP contribution in [0.25, 0.3) is 0 Å². The average Bonchev–Trinajstić information content (AvgIpc) is 2.77. The van der Waals surface area contributed by atoms with Gasteiger partial charge in [0.05, 0.1) is 19.5 Å². The lowest BCUT2D eigenvalue weighted by molar-refractivity contribution is -0.130. The Kier molecular flexibility index (Phi) is 4.96. The predicted molar refractivity (Wildman–Crippen MR) is 76.3 cm³/mol. The molecule has 2 rings (SSSR count). The van der Waals surface area contributed by atoms with Crippen molar-refractivity contribution in [3.63, 3.8) is 0 Å². The minimum absolute atomic E-state index is 0.0986. The topological polar surface area (TPSA) is 89.9 Å². The van der Waals surface area contributed by atoms with Gasteiger partial charge in [0.2, 0.25) is 11.8 Å². The third kappa shape index (κ3) is 4.02. The molecule has 23 heavy (non-hydrogen) atoms. The van der Waals surface area contributed by atoms with Crippen molar-refractivity contribution >= 4 is 11.8 Å². The maximum atomic E-state index is 13.1. The number of halogens is 2. The van der Waals surface area contributed by atoms with E-state index in [0.29, 0.717) is 5.56 Å². The molecule has 1 heterocycles. The number of carbonyl (C=O) groups is 2. The Hall–Kier alpha value is -2.06. The highest BCUT2D eigenvalue weighted by molar-refractivity contribution is 5.79. The molecule has 0 aliphatic carbocycles. The van der Waals surface area contributed by atoms with Crippen molar-refractivity contribution in [2.75, 3.05) is 19.6 Å². The maximum absolute atomic E-state index is 13.1. The Morgan fingerprint density at radius 1 is 1.39 bits per heavy atom. The molecule has 1 aromatic carbocycles. The first-order valence-corrected chi connectivity index (χ1v) is 7.08. The first-order chi connectivity index (χ1) is 10.7. The van der Waals surface area contributed by atoms with Gasteiger partial charge in [0.15, 0.2) is 11.6 Å². The van der Waals surface area contributed by atoms with Gasteiger partial charge in [-0.05, 0) is 17.7 Å². The van der Waals surface area contributed by atoms with E-state index >= 15 is 0 Å². The lowest BCUT2D eigenvalue weighted by Gasteiger charge is -2.25. The third-order valence-electron chi connectivity index (χ3n) is 3.81. The minimum atomic E-state index is -1.63. The van der Waals surface area contributed by atoms with E-state index in [1.807, 2.05) is 0 Å². The Balaban J connectivity index is 2.00. The number of β-amino-alcohol motifs (C(OH)–C–C–N with tert-alkyl or cyclic N) is 2. The molecule has 1 aromatic rings. The van der Waals surface area contributed by atoms with Crippen LogP contribution in [0.4, 0.5) is 8.78 Å². The number of aliphatic hydroxyl groups is 2. The Bertz CT molecular complexity index is 625. The van der Waals surface area contributed by atoms with Crippen LogP contribution in [-0.4, -0.2) is 58.3 Å². The molecule has 126 valence electrons. The van der Waals surface area contributed by atoms with Crippen LogP contribution >= 0.6 is 0 Å². The molecular weight excluding hydrogens is 310 g/mol. The van der Waals surface area contributed by atoms with Gasteiger partial charge in [-0.1, -0.05) is 6.07 Å². The van der Waals surface area contributed by atoms with Crippen LogP contribution in [0.1, 0.15) is 12.5 Å². The summed E-state index contributed by atoms with van der Waals surface area (Å²) in [4.78, 5) is 24.3. The largest absolute Gasteiger partial charge is 0.388 e. The summed E-state index contributed by atoms with van der Waals surface area (Å²) in [7, 11) is 0. The zero-order chi connectivity index (χ0) is 17.2. The number of carbonyl (C=O) groups excluding carboxylic acids is 2. The van der Waals surface area contributed by atoms with Gasteiger partial charge in [0.1, 0.15) is 11.7 Å². The molecular formula is C15H18F2N2O4. The number of rotatable bonds is 4. The number of aliphatic hydroxyl groups excluding tert-OH is 1. The molecule has 2 atom stereocenters. The minimum Gasteiger partial charge on any atom is -0.388 e. The van der Waals surface area contributed by atoms with E-state index in [1.165, 1.54) is 17.9 Å². The summed E-state index contributed by atoms with van der Waals surface area (Å²) in [5.74, 6) is -2.84. The van der Waals surface area contributed by atoms with Gasteiger partial charge in [-0.3, -0.25) is 9.59 Å². The van der Waals surface area contributed by atoms with Gasteiger partial charge in [0, 0.05) is 13.5 Å². The predicted octanol–water partition coefficient (Wildman–Crippen LogP) is -0.422. The summed E-state index contributed by atoms with van der Waals surface area (Å²) < 4.78 is 26.0. The quantitative estimate of drug-likeness (QED) is 0.700. The molecule has 8 heteroatoms. The van der Waals surface area contributed by atoms with Gasteiger partial charge in [-0.2, -0.15) is 0 Å². The summed E-state index contributed by atoms with van der Waals surface area (Å²) in [6.45, 7) is 0.838. The van der Waals surface area contributed by atoms with Gasteiger partial charge >= 0.3 is 0 Å². The second-order valence-electron chi connectivity index (χ2n) is 5.73. The van der Waals surface area contributed by atoms with Crippen molar-refractivity contribution < 1.29 is 28.6 Å². The lowest BCUT2D eigenvalue weighted by Crippen LogP contribution is -2.51. The molecule has 0 radical (unpaired) electrons. The van der Waals surface area contributed by atoms with Crippen LogP contribution in [0, 0.1) is 11.6 Å². The fourth-order valence-corrected chi connectivity index (χ4v) is 2.46. The zero-order valence-electron chi connectivity index (χ0n) is 12.6. The number of hydrogen-bond acceptors (Lipinski definition) is 4. The van der Waals surface area contributed by atoms with E-state index in [4.69, 9.17) is 0 Å². The summed E-state index contributed by atoms with van der Waals surface area (Å²) in [6, 6.07) is 3.17. The highest BCUT2D eigenvalue weighted by Gasteiger charge is 2.46. The first kappa shape index (κ1) is 17.3. The lowest BCUT2D eigenvalue weighted by atomic mass is 10.0. The van der Waals surface area contributed by atoms with E-state index in [2.05, 4.69) is 5.32 Å². The zero-order valence-corrected chi connectivity index (χ0v) is 12.6. The summed E-state index contributed by atoms with van der Waals surface area (Å²) in [6.07, 6.45) is -1.39. The third-order valence-corrected chi connectivity index (χ3v) is 3.81. The molecule has 3 N–H and O–H groups in total. The maximum Gasteiger partial charge on any atom is 0.227 e. The molecule has 0 saturated carbocycles. The normalized spacial score (nSPS) is 23.9. The van der Waals surface area contributed by atoms with Gasteiger partial charge in [0.25, 0.3) is 0 Å². The van der Waals surface area contributed by atoms with E-state index in [9.17, 15) is 28.6 Å². The molecule has 1 aliphatic heterocycles. The first-order valence-electron chi connectivity index (χ1n) is 7.08. The molecule has 1 saturated heterocycles. The van der Waals surface area contributed by atoms with Gasteiger partial charge < -0.3 is 20.4 Å². The number of amides is 2. The van der Waals surface area contributed by atoms with Crippen LogP contribution in [0.2, 0.25) is 0 Å². The molecule has 0 unspecified atom stereocenters. The Morgan fingerprint density at radius 2 is 2.09 bits per heavy atom. The second-order valence-corrected chi connectivity index (χ2v) is 5.73. The standard InChI is InChI=1S/C15H18F2N2O4/c1-9(20)18-7-15(23)8-19(6-13(15)21)14(22)5-10-2-3-11(16)12(17)4-10/h2-4,13,21,23H,5-8H2,1H3,(H,18,20)/t13-,15+/m1/s1. The second kappa shape index (κ2) is 6.59. The van der Waals surface area contributed by atoms with Crippen molar-refractivity contribution in [2.24, 2.45) is 0 Å². The highest BCUT2D eigenvalue weighted by Crippen LogP contribution is 2.22. The van der Waals surface area contributed by atoms with Crippen LogP contribution in [0.5, 0.6) is 0 Å². The average molecular weight is 328 g/mol. The number of hydrogen-bond donors (Lipinski definition) is 3. The smallest absolute Gasteiger partial charge is 0.227 e. The van der Waals surface area contributed by atoms with E-state index < -0.39 is 29.2 Å². The van der Waals surface area contributed by atoms with Crippen molar-refractivity contribution in [2.45, 2.75) is 25.0 Å². The molecule has 2 amide bonds. The van der Waals surface area contributed by atoms with Gasteiger partial charge in [-0.25, -0.2) is 8.78 Å². The number of benzene rings is 1. The molecule has 0 bridgehead atoms. The molecule has 1 fully saturated rings. The van der Waals surface area contributed by atoms with Crippen LogP contribution in [0.3, 0.4) is 0 Å². The fraction of sp³-hybridized carbons (Fsp3) is 0.467. The van der Waals surface area contributed by atoms with E-state index in [1.54, 1.807) is 0 Å². The molecule has 0 aromatic heterocycles. The number of likely N-dealkylation sites (tertiary alicyclic amines) is 1.